The van der Waals surface area contributed by atoms with E-state index in [2.05, 4.69) is 114 Å². The van der Waals surface area contributed by atoms with Gasteiger partial charge >= 0.3 is 0 Å². The molecule has 45 heavy (non-hydrogen) atoms. The zero-order valence-corrected chi connectivity index (χ0v) is 24.1. The van der Waals surface area contributed by atoms with E-state index in [4.69, 9.17) is 13.8 Å². The zero-order valence-electron chi connectivity index (χ0n) is 24.1. The summed E-state index contributed by atoms with van der Waals surface area (Å²) in [7, 11) is 0. The minimum Gasteiger partial charge on any atom is -0.455 e. The minimum absolute atomic E-state index is 0.585. The number of hydrogen-bond donors (Lipinski definition) is 0. The Bertz CT molecular complexity index is 2750. The van der Waals surface area contributed by atoms with Gasteiger partial charge in [-0.2, -0.15) is 0 Å². The van der Waals surface area contributed by atoms with E-state index in [1.165, 1.54) is 32.6 Å². The highest BCUT2D eigenvalue weighted by Gasteiger charge is 2.21. The lowest BCUT2D eigenvalue weighted by molar-refractivity contribution is 0.619. The van der Waals surface area contributed by atoms with Crippen LogP contribution < -0.4 is 0 Å². The van der Waals surface area contributed by atoms with Gasteiger partial charge in [0.1, 0.15) is 16.7 Å². The largest absolute Gasteiger partial charge is 0.455 e. The van der Waals surface area contributed by atoms with Gasteiger partial charge < -0.3 is 13.4 Å². The average molecular weight is 577 g/mol. The van der Waals surface area contributed by atoms with Crippen molar-refractivity contribution in [3.8, 4) is 28.3 Å². The van der Waals surface area contributed by atoms with Crippen LogP contribution in [-0.4, -0.2) is 9.55 Å². The molecule has 10 aromatic rings. The normalized spacial score (nSPS) is 12.0. The monoisotopic (exact) mass is 576 g/mol. The number of furan rings is 1. The fourth-order valence-corrected chi connectivity index (χ4v) is 6.92. The maximum absolute atomic E-state index is 6.50. The van der Waals surface area contributed by atoms with Gasteiger partial charge in [-0.3, -0.25) is 0 Å². The molecule has 3 aromatic heterocycles. The maximum atomic E-state index is 6.50. The second-order valence-corrected chi connectivity index (χ2v) is 11.6. The van der Waals surface area contributed by atoms with Crippen molar-refractivity contribution in [2.75, 3.05) is 0 Å². The molecule has 4 nitrogen and oxygen atoms in total. The van der Waals surface area contributed by atoms with Crippen LogP contribution in [0.3, 0.4) is 0 Å². The fourth-order valence-electron chi connectivity index (χ4n) is 6.92. The summed E-state index contributed by atoms with van der Waals surface area (Å²) >= 11 is 0. The van der Waals surface area contributed by atoms with Crippen LogP contribution in [0.15, 0.2) is 154 Å². The van der Waals surface area contributed by atoms with E-state index >= 15 is 0 Å². The number of benzene rings is 7. The quantitative estimate of drug-likeness (QED) is 0.210. The molecule has 0 spiro atoms. The molecule has 0 unspecified atom stereocenters. The van der Waals surface area contributed by atoms with Gasteiger partial charge in [-0.15, -0.1) is 0 Å². The summed E-state index contributed by atoms with van der Waals surface area (Å²) in [5.74, 6) is 0.585. The number of hydrogen-bond acceptors (Lipinski definition) is 3. The Hall–Kier alpha value is -6.13. The van der Waals surface area contributed by atoms with Gasteiger partial charge in [-0.05, 0) is 70.9 Å². The molecular weight excluding hydrogens is 552 g/mol. The molecule has 10 rings (SSSR count). The van der Waals surface area contributed by atoms with E-state index in [0.29, 0.717) is 5.89 Å². The first kappa shape index (κ1) is 24.3. The molecule has 0 saturated heterocycles. The zero-order chi connectivity index (χ0) is 29.5. The van der Waals surface area contributed by atoms with Gasteiger partial charge in [0.25, 0.3) is 0 Å². The highest BCUT2D eigenvalue weighted by molar-refractivity contribution is 6.20. The van der Waals surface area contributed by atoms with Crippen LogP contribution in [0.2, 0.25) is 0 Å². The molecule has 0 saturated carbocycles. The Kier molecular flexibility index (Phi) is 4.96. The van der Waals surface area contributed by atoms with Crippen LogP contribution in [0.1, 0.15) is 0 Å². The molecule has 0 aliphatic heterocycles. The van der Waals surface area contributed by atoms with Crippen molar-refractivity contribution in [1.82, 2.24) is 9.55 Å². The Morgan fingerprint density at radius 1 is 0.489 bits per heavy atom. The van der Waals surface area contributed by atoms with Gasteiger partial charge in [-0.1, -0.05) is 91.0 Å². The van der Waals surface area contributed by atoms with Crippen molar-refractivity contribution >= 4 is 65.6 Å². The Morgan fingerprint density at radius 3 is 2.04 bits per heavy atom. The lowest BCUT2D eigenvalue weighted by Crippen LogP contribution is -1.93. The predicted octanol–water partition coefficient (Wildman–Crippen LogP) is 11.3. The number of nitrogens with zero attached hydrogens (tertiary/aromatic N) is 2. The number of aromatic nitrogens is 2. The summed E-state index contributed by atoms with van der Waals surface area (Å²) in [6.07, 6.45) is 0. The number of rotatable bonds is 3. The highest BCUT2D eigenvalue weighted by Crippen LogP contribution is 2.42. The maximum Gasteiger partial charge on any atom is 0.227 e. The summed E-state index contributed by atoms with van der Waals surface area (Å²) in [5, 5.41) is 6.97. The molecule has 0 fully saturated rings. The van der Waals surface area contributed by atoms with Gasteiger partial charge in [0.15, 0.2) is 5.58 Å². The van der Waals surface area contributed by atoms with Gasteiger partial charge in [0.05, 0.1) is 16.4 Å². The molecule has 0 radical (unpaired) electrons. The summed E-state index contributed by atoms with van der Waals surface area (Å²) in [5.41, 5.74) is 9.65. The first-order valence-electron chi connectivity index (χ1n) is 15.1. The van der Waals surface area contributed by atoms with Crippen molar-refractivity contribution in [1.29, 1.82) is 0 Å². The highest BCUT2D eigenvalue weighted by atomic mass is 16.4. The second kappa shape index (κ2) is 9.18. The standard InChI is InChI=1S/C41H24N2O2/c1-2-10-25(11-3-1)32-24-37-39(38-31-15-7-9-17-36(31)44-40(32)38)42-41(45-37)26-18-20-29(21-19-26)43-34-16-8-6-14-30(34)33-22-27-12-4-5-13-28(27)23-35(33)43/h1-24H. The van der Waals surface area contributed by atoms with Crippen molar-refractivity contribution in [3.63, 3.8) is 0 Å². The summed E-state index contributed by atoms with van der Waals surface area (Å²) in [6.45, 7) is 0. The van der Waals surface area contributed by atoms with E-state index in [0.717, 1.165) is 55.4 Å². The van der Waals surface area contributed by atoms with E-state index in [1.807, 2.05) is 36.4 Å². The second-order valence-electron chi connectivity index (χ2n) is 11.6. The molecule has 7 aromatic carbocycles. The molecule has 0 aliphatic rings. The average Bonchev–Trinajstić information content (AvgIpc) is 3.79. The summed E-state index contributed by atoms with van der Waals surface area (Å²) in [4.78, 5) is 5.06. The molecular formula is C41H24N2O2. The molecule has 4 heteroatoms. The van der Waals surface area contributed by atoms with Crippen LogP contribution in [0.5, 0.6) is 0 Å². The first-order chi connectivity index (χ1) is 22.3. The van der Waals surface area contributed by atoms with Crippen molar-refractivity contribution < 1.29 is 8.83 Å². The first-order valence-corrected chi connectivity index (χ1v) is 15.1. The third-order valence-corrected chi connectivity index (χ3v) is 9.00. The molecule has 0 atom stereocenters. The lowest BCUT2D eigenvalue weighted by Gasteiger charge is -2.09. The van der Waals surface area contributed by atoms with Crippen LogP contribution in [0.4, 0.5) is 0 Å². The summed E-state index contributed by atoms with van der Waals surface area (Å²) in [6, 6.07) is 50.8. The summed E-state index contributed by atoms with van der Waals surface area (Å²) < 4.78 is 15.3. The molecule has 3 heterocycles. The van der Waals surface area contributed by atoms with Crippen LogP contribution in [0.25, 0.3) is 93.9 Å². The molecule has 210 valence electrons. The third-order valence-electron chi connectivity index (χ3n) is 9.00. The van der Waals surface area contributed by atoms with Crippen molar-refractivity contribution in [2.45, 2.75) is 0 Å². The van der Waals surface area contributed by atoms with E-state index in [1.54, 1.807) is 0 Å². The van der Waals surface area contributed by atoms with Crippen LogP contribution >= 0.6 is 0 Å². The van der Waals surface area contributed by atoms with Crippen LogP contribution in [-0.2, 0) is 0 Å². The minimum atomic E-state index is 0.585. The Labute approximate surface area is 257 Å². The van der Waals surface area contributed by atoms with E-state index in [-0.39, 0.29) is 0 Å². The van der Waals surface area contributed by atoms with E-state index in [9.17, 15) is 0 Å². The topological polar surface area (TPSA) is 44.1 Å². The molecule has 0 aliphatic carbocycles. The van der Waals surface area contributed by atoms with Gasteiger partial charge in [-0.25, -0.2) is 4.98 Å². The fraction of sp³-hybridized carbons (Fsp3) is 0. The molecule has 0 bridgehead atoms. The smallest absolute Gasteiger partial charge is 0.227 e. The number of fused-ring (bicyclic) bond motifs is 9. The molecule has 0 amide bonds. The van der Waals surface area contributed by atoms with Gasteiger partial charge in [0, 0.05) is 33.0 Å². The predicted molar refractivity (Wildman–Crippen MR) is 184 cm³/mol. The van der Waals surface area contributed by atoms with Crippen molar-refractivity contribution in [3.05, 3.63) is 146 Å². The lowest BCUT2D eigenvalue weighted by atomic mass is 10.0. The van der Waals surface area contributed by atoms with Crippen LogP contribution in [0, 0.1) is 0 Å². The number of para-hydroxylation sites is 2. The number of oxazole rings is 1. The Balaban J connectivity index is 1.15. The Morgan fingerprint density at radius 2 is 1.20 bits per heavy atom. The van der Waals surface area contributed by atoms with Gasteiger partial charge in [0.2, 0.25) is 5.89 Å². The van der Waals surface area contributed by atoms with E-state index < -0.39 is 0 Å². The van der Waals surface area contributed by atoms with Crippen molar-refractivity contribution in [2.24, 2.45) is 0 Å². The molecule has 0 N–H and O–H groups in total. The third kappa shape index (κ3) is 3.57. The SMILES string of the molecule is c1ccc(-c2cc3oc(-c4ccc(-n5c6ccccc6c6cc7ccccc7cc65)cc4)nc3c3c2oc2ccccc23)cc1.